The van der Waals surface area contributed by atoms with E-state index in [0.29, 0.717) is 15.3 Å². The van der Waals surface area contributed by atoms with Gasteiger partial charge in [-0.3, -0.25) is 14.9 Å². The molecule has 2 N–H and O–H groups in total. The van der Waals surface area contributed by atoms with Crippen molar-refractivity contribution in [2.24, 2.45) is 0 Å². The summed E-state index contributed by atoms with van der Waals surface area (Å²) in [5.74, 6) is -0.460. The van der Waals surface area contributed by atoms with Crippen LogP contribution in [0.5, 0.6) is 0 Å². The van der Waals surface area contributed by atoms with Crippen molar-refractivity contribution in [3.63, 3.8) is 0 Å². The summed E-state index contributed by atoms with van der Waals surface area (Å²) >= 11 is 1.16. The van der Waals surface area contributed by atoms with Crippen molar-refractivity contribution in [3.8, 4) is 0 Å². The van der Waals surface area contributed by atoms with Gasteiger partial charge in [-0.1, -0.05) is 11.3 Å². The molecule has 2 heterocycles. The molecule has 1 aromatic carbocycles. The Labute approximate surface area is 134 Å². The lowest BCUT2D eigenvalue weighted by Gasteiger charge is -1.99. The van der Waals surface area contributed by atoms with Crippen molar-refractivity contribution in [1.82, 2.24) is 9.97 Å². The van der Waals surface area contributed by atoms with E-state index in [9.17, 15) is 18.0 Å². The monoisotopic (exact) mass is 349 g/mol. The van der Waals surface area contributed by atoms with Gasteiger partial charge in [-0.15, -0.1) is 0 Å². The van der Waals surface area contributed by atoms with Crippen molar-refractivity contribution >= 4 is 42.4 Å². The Hall–Kier alpha value is -2.52. The molecule has 0 aliphatic heterocycles. The molecule has 0 spiro atoms. The maximum absolute atomic E-state index is 12.1. The van der Waals surface area contributed by atoms with Crippen LogP contribution >= 0.6 is 11.3 Å². The SMILES string of the molecule is CS(=O)(=O)c1ccc2nc(NC(=O)c3cc[nH]c(=O)c3)sc2c1. The number of hydrogen-bond donors (Lipinski definition) is 2. The number of fused-ring (bicyclic) bond motifs is 1. The van der Waals surface area contributed by atoms with Gasteiger partial charge in [-0.25, -0.2) is 13.4 Å². The van der Waals surface area contributed by atoms with Crippen LogP contribution in [-0.4, -0.2) is 30.5 Å². The van der Waals surface area contributed by atoms with E-state index in [0.717, 1.165) is 17.6 Å². The number of amides is 1. The molecule has 0 atom stereocenters. The summed E-state index contributed by atoms with van der Waals surface area (Å²) in [6, 6.07) is 7.24. The number of thiazole rings is 1. The second-order valence-electron chi connectivity index (χ2n) is 4.82. The predicted molar refractivity (Wildman–Crippen MR) is 87.7 cm³/mol. The quantitative estimate of drug-likeness (QED) is 0.747. The minimum absolute atomic E-state index is 0.195. The van der Waals surface area contributed by atoms with E-state index in [-0.39, 0.29) is 16.0 Å². The first-order valence-electron chi connectivity index (χ1n) is 6.44. The number of rotatable bonds is 3. The Morgan fingerprint density at radius 1 is 1.26 bits per heavy atom. The predicted octanol–water partition coefficient (Wildman–Crippen LogP) is 1.64. The first kappa shape index (κ1) is 15.4. The summed E-state index contributed by atoms with van der Waals surface area (Å²) in [5, 5.41) is 2.93. The molecule has 0 bridgehead atoms. The van der Waals surface area contributed by atoms with Crippen LogP contribution in [0.3, 0.4) is 0 Å². The lowest BCUT2D eigenvalue weighted by molar-refractivity contribution is 0.102. The molecule has 9 heteroatoms. The van der Waals surface area contributed by atoms with Gasteiger partial charge in [0.25, 0.3) is 5.91 Å². The van der Waals surface area contributed by atoms with E-state index in [2.05, 4.69) is 15.3 Å². The number of carbonyl (C=O) groups is 1. The third-order valence-electron chi connectivity index (χ3n) is 3.05. The number of anilines is 1. The Balaban J connectivity index is 1.92. The lowest BCUT2D eigenvalue weighted by atomic mass is 10.2. The minimum atomic E-state index is -3.30. The van der Waals surface area contributed by atoms with Gasteiger partial charge in [-0.05, 0) is 24.3 Å². The van der Waals surface area contributed by atoms with Crippen LogP contribution in [0, 0.1) is 0 Å². The number of nitrogens with one attached hydrogen (secondary N) is 2. The van der Waals surface area contributed by atoms with Crippen LogP contribution in [-0.2, 0) is 9.84 Å². The highest BCUT2D eigenvalue weighted by Gasteiger charge is 2.13. The molecule has 3 rings (SSSR count). The van der Waals surface area contributed by atoms with E-state index in [4.69, 9.17) is 0 Å². The van der Waals surface area contributed by atoms with Crippen LogP contribution in [0.2, 0.25) is 0 Å². The van der Waals surface area contributed by atoms with Crippen molar-refractivity contribution in [2.45, 2.75) is 4.90 Å². The summed E-state index contributed by atoms with van der Waals surface area (Å²) in [7, 11) is -3.30. The molecule has 3 aromatic rings. The molecular formula is C14H11N3O4S2. The Kier molecular flexibility index (Phi) is 3.74. The van der Waals surface area contributed by atoms with Gasteiger partial charge >= 0.3 is 0 Å². The molecule has 7 nitrogen and oxygen atoms in total. The lowest BCUT2D eigenvalue weighted by Crippen LogP contribution is -2.15. The number of nitrogens with zero attached hydrogens (tertiary/aromatic N) is 1. The average Bonchev–Trinajstić information content (AvgIpc) is 2.87. The topological polar surface area (TPSA) is 109 Å². The Morgan fingerprint density at radius 3 is 2.74 bits per heavy atom. The van der Waals surface area contributed by atoms with Gasteiger partial charge in [0.1, 0.15) is 0 Å². The van der Waals surface area contributed by atoms with Crippen LogP contribution in [0.4, 0.5) is 5.13 Å². The largest absolute Gasteiger partial charge is 0.329 e. The van der Waals surface area contributed by atoms with Crippen molar-refractivity contribution in [3.05, 3.63) is 52.4 Å². The van der Waals surface area contributed by atoms with Gasteiger partial charge in [-0.2, -0.15) is 0 Å². The molecule has 0 unspecified atom stereocenters. The van der Waals surface area contributed by atoms with E-state index >= 15 is 0 Å². The molecule has 1 amide bonds. The molecular weight excluding hydrogens is 338 g/mol. The highest BCUT2D eigenvalue weighted by Crippen LogP contribution is 2.28. The average molecular weight is 349 g/mol. The van der Waals surface area contributed by atoms with Crippen LogP contribution in [0.15, 0.2) is 46.2 Å². The fourth-order valence-electron chi connectivity index (χ4n) is 1.94. The maximum Gasteiger partial charge on any atom is 0.257 e. The molecule has 0 fully saturated rings. The smallest absolute Gasteiger partial charge is 0.257 e. The number of carbonyl (C=O) groups excluding carboxylic acids is 1. The second-order valence-corrected chi connectivity index (χ2v) is 7.86. The van der Waals surface area contributed by atoms with Gasteiger partial charge in [0.05, 0.1) is 15.1 Å². The minimum Gasteiger partial charge on any atom is -0.329 e. The number of hydrogen-bond acceptors (Lipinski definition) is 6. The van der Waals surface area contributed by atoms with Crippen molar-refractivity contribution in [2.75, 3.05) is 11.6 Å². The van der Waals surface area contributed by atoms with E-state index in [1.54, 1.807) is 6.07 Å². The zero-order chi connectivity index (χ0) is 16.6. The molecule has 0 aliphatic carbocycles. The molecule has 0 aliphatic rings. The first-order valence-corrected chi connectivity index (χ1v) is 9.14. The third-order valence-corrected chi connectivity index (χ3v) is 5.09. The molecule has 0 saturated heterocycles. The van der Waals surface area contributed by atoms with Gasteiger partial charge in [0, 0.05) is 24.1 Å². The molecule has 118 valence electrons. The van der Waals surface area contributed by atoms with Gasteiger partial charge in [0.15, 0.2) is 15.0 Å². The van der Waals surface area contributed by atoms with E-state index < -0.39 is 15.7 Å². The van der Waals surface area contributed by atoms with Crippen molar-refractivity contribution < 1.29 is 13.2 Å². The molecule has 2 aromatic heterocycles. The van der Waals surface area contributed by atoms with Crippen LogP contribution in [0.25, 0.3) is 10.2 Å². The third kappa shape index (κ3) is 3.30. The van der Waals surface area contributed by atoms with E-state index in [1.807, 2.05) is 0 Å². The number of H-pyrrole nitrogens is 1. The number of aromatic nitrogens is 2. The normalized spacial score (nSPS) is 11.5. The summed E-state index contributed by atoms with van der Waals surface area (Å²) in [4.78, 5) is 30.1. The van der Waals surface area contributed by atoms with E-state index in [1.165, 1.54) is 30.5 Å². The summed E-state index contributed by atoms with van der Waals surface area (Å²) in [6.45, 7) is 0. The Bertz CT molecular complexity index is 1070. The highest BCUT2D eigenvalue weighted by molar-refractivity contribution is 7.90. The van der Waals surface area contributed by atoms with Crippen LogP contribution in [0.1, 0.15) is 10.4 Å². The number of sulfone groups is 1. The fourth-order valence-corrected chi connectivity index (χ4v) is 3.57. The highest BCUT2D eigenvalue weighted by atomic mass is 32.2. The zero-order valence-corrected chi connectivity index (χ0v) is 13.5. The van der Waals surface area contributed by atoms with Gasteiger partial charge < -0.3 is 4.98 Å². The maximum atomic E-state index is 12.1. The summed E-state index contributed by atoms with van der Waals surface area (Å²) in [6.07, 6.45) is 2.51. The van der Waals surface area contributed by atoms with Crippen molar-refractivity contribution in [1.29, 1.82) is 0 Å². The first-order chi connectivity index (χ1) is 10.8. The fraction of sp³-hybridized carbons (Fsp3) is 0.0714. The zero-order valence-electron chi connectivity index (χ0n) is 11.9. The second kappa shape index (κ2) is 5.60. The van der Waals surface area contributed by atoms with Crippen LogP contribution < -0.4 is 10.9 Å². The van der Waals surface area contributed by atoms with Gasteiger partial charge in [0.2, 0.25) is 5.56 Å². The molecule has 23 heavy (non-hydrogen) atoms. The number of benzene rings is 1. The standard InChI is InChI=1S/C14H11N3O4S2/c1-23(20,21)9-2-3-10-11(7-9)22-14(16-10)17-13(19)8-4-5-15-12(18)6-8/h2-7H,1H3,(H,15,18)(H,16,17,19). The molecule has 0 radical (unpaired) electrons. The number of pyridine rings is 1. The number of aromatic amines is 1. The summed E-state index contributed by atoms with van der Waals surface area (Å²) < 4.78 is 23.8. The molecule has 0 saturated carbocycles. The Morgan fingerprint density at radius 2 is 2.04 bits per heavy atom. The summed E-state index contributed by atoms with van der Waals surface area (Å²) in [5.41, 5.74) is 0.424.